The number of amides is 2. The van der Waals surface area contributed by atoms with Crippen molar-refractivity contribution in [3.63, 3.8) is 0 Å². The van der Waals surface area contributed by atoms with Crippen LogP contribution in [0.5, 0.6) is 0 Å². The highest BCUT2D eigenvalue weighted by Gasteiger charge is 2.28. The molecule has 0 spiro atoms. The molecule has 0 saturated heterocycles. The Balaban J connectivity index is 1.47. The molecule has 0 aliphatic carbocycles. The van der Waals surface area contributed by atoms with E-state index in [4.69, 9.17) is 0 Å². The Labute approximate surface area is 168 Å². The lowest BCUT2D eigenvalue weighted by molar-refractivity contribution is 0.0739. The van der Waals surface area contributed by atoms with E-state index in [1.807, 2.05) is 16.3 Å². The van der Waals surface area contributed by atoms with E-state index >= 15 is 0 Å². The van der Waals surface area contributed by atoms with Crippen LogP contribution < -0.4 is 5.32 Å². The van der Waals surface area contributed by atoms with Crippen molar-refractivity contribution in [1.29, 1.82) is 0 Å². The van der Waals surface area contributed by atoms with Crippen molar-refractivity contribution in [3.8, 4) is 0 Å². The molecular weight excluding hydrogens is 402 g/mol. The lowest BCUT2D eigenvalue weighted by atomic mass is 10.1. The Morgan fingerprint density at radius 1 is 1.37 bits per heavy atom. The summed E-state index contributed by atoms with van der Waals surface area (Å²) >= 11 is 3.99. The lowest BCUT2D eigenvalue weighted by Gasteiger charge is -2.25. The fourth-order valence-corrected chi connectivity index (χ4v) is 5.22. The summed E-state index contributed by atoms with van der Waals surface area (Å²) < 4.78 is 3.95. The first-order valence-corrected chi connectivity index (χ1v) is 11.1. The molecule has 0 aromatic carbocycles. The van der Waals surface area contributed by atoms with Gasteiger partial charge in [0, 0.05) is 17.8 Å². The van der Waals surface area contributed by atoms with Gasteiger partial charge in [-0.05, 0) is 29.4 Å². The smallest absolute Gasteiger partial charge is 0.267 e. The standard InChI is InChI=1S/C17H17N5O2S3/c1-2-4-11-14(27-21-20-11)16(24)22-7-6-10-13(9-22)26-17(18-10)19-15(23)12-5-3-8-25-12/h3,5,8H,2,4,6-7,9H2,1H3,(H,18,19,23). The van der Waals surface area contributed by atoms with Crippen molar-refractivity contribution in [2.75, 3.05) is 11.9 Å². The van der Waals surface area contributed by atoms with Gasteiger partial charge in [0.2, 0.25) is 0 Å². The van der Waals surface area contributed by atoms with Crippen molar-refractivity contribution in [3.05, 3.63) is 43.5 Å². The summed E-state index contributed by atoms with van der Waals surface area (Å²) in [5.41, 5.74) is 1.74. The third kappa shape index (κ3) is 3.78. The largest absolute Gasteiger partial charge is 0.332 e. The molecule has 10 heteroatoms. The molecule has 0 unspecified atom stereocenters. The number of aromatic nitrogens is 3. The Morgan fingerprint density at radius 2 is 2.26 bits per heavy atom. The van der Waals surface area contributed by atoms with Gasteiger partial charge in [-0.3, -0.25) is 14.9 Å². The number of carbonyl (C=O) groups is 2. The summed E-state index contributed by atoms with van der Waals surface area (Å²) in [5.74, 6) is -0.166. The predicted octanol–water partition coefficient (Wildman–Crippen LogP) is 3.46. The highest BCUT2D eigenvalue weighted by Crippen LogP contribution is 2.30. The zero-order valence-corrected chi connectivity index (χ0v) is 17.0. The van der Waals surface area contributed by atoms with E-state index < -0.39 is 0 Å². The topological polar surface area (TPSA) is 88.1 Å². The van der Waals surface area contributed by atoms with Crippen LogP contribution in [0.15, 0.2) is 17.5 Å². The van der Waals surface area contributed by atoms with E-state index in [0.717, 1.165) is 40.6 Å². The fourth-order valence-electron chi connectivity index (χ4n) is 2.90. The summed E-state index contributed by atoms with van der Waals surface area (Å²) in [6.07, 6.45) is 2.37. The molecule has 1 N–H and O–H groups in total. The minimum Gasteiger partial charge on any atom is -0.332 e. The number of thiazole rings is 1. The van der Waals surface area contributed by atoms with Gasteiger partial charge in [-0.1, -0.05) is 35.2 Å². The summed E-state index contributed by atoms with van der Waals surface area (Å²) in [6, 6.07) is 3.63. The molecular formula is C17H17N5O2S3. The van der Waals surface area contributed by atoms with Gasteiger partial charge in [-0.25, -0.2) is 4.98 Å². The second-order valence-electron chi connectivity index (χ2n) is 6.10. The molecule has 3 aromatic rings. The van der Waals surface area contributed by atoms with E-state index in [2.05, 4.69) is 26.8 Å². The van der Waals surface area contributed by atoms with E-state index in [0.29, 0.717) is 34.4 Å². The van der Waals surface area contributed by atoms with Gasteiger partial charge in [-0.15, -0.1) is 16.4 Å². The molecule has 2 amide bonds. The van der Waals surface area contributed by atoms with Crippen LogP contribution >= 0.6 is 34.2 Å². The van der Waals surface area contributed by atoms with Crippen LogP contribution in [0, 0.1) is 0 Å². The van der Waals surface area contributed by atoms with E-state index in [9.17, 15) is 9.59 Å². The number of anilines is 1. The second kappa shape index (κ2) is 7.83. The lowest BCUT2D eigenvalue weighted by Crippen LogP contribution is -2.35. The Kier molecular flexibility index (Phi) is 5.28. The number of carbonyl (C=O) groups excluding carboxylic acids is 2. The second-order valence-corrected chi connectivity index (χ2v) is 8.88. The number of hydrogen-bond acceptors (Lipinski definition) is 8. The minimum absolute atomic E-state index is 0.0170. The van der Waals surface area contributed by atoms with Crippen molar-refractivity contribution in [1.82, 2.24) is 19.5 Å². The zero-order valence-electron chi connectivity index (χ0n) is 14.6. The van der Waals surface area contributed by atoms with E-state index in [1.54, 1.807) is 6.07 Å². The maximum atomic E-state index is 12.9. The molecule has 0 bridgehead atoms. The molecule has 1 aliphatic heterocycles. The summed E-state index contributed by atoms with van der Waals surface area (Å²) in [6.45, 7) is 3.17. The van der Waals surface area contributed by atoms with Crippen LogP contribution in [-0.4, -0.2) is 37.8 Å². The van der Waals surface area contributed by atoms with Crippen molar-refractivity contribution >= 4 is 51.2 Å². The van der Waals surface area contributed by atoms with Crippen LogP contribution in [-0.2, 0) is 19.4 Å². The zero-order chi connectivity index (χ0) is 18.8. The number of aryl methyl sites for hydroxylation is 1. The molecule has 7 nitrogen and oxygen atoms in total. The Bertz CT molecular complexity index is 963. The molecule has 0 atom stereocenters. The Morgan fingerprint density at radius 3 is 3.04 bits per heavy atom. The van der Waals surface area contributed by atoms with Gasteiger partial charge < -0.3 is 4.90 Å². The minimum atomic E-state index is -0.149. The number of nitrogens with one attached hydrogen (secondary N) is 1. The van der Waals surface area contributed by atoms with E-state index in [1.165, 1.54) is 22.7 Å². The van der Waals surface area contributed by atoms with Gasteiger partial charge in [-0.2, -0.15) is 0 Å². The highest BCUT2D eigenvalue weighted by molar-refractivity contribution is 7.16. The number of fused-ring (bicyclic) bond motifs is 1. The van der Waals surface area contributed by atoms with Gasteiger partial charge >= 0.3 is 0 Å². The quantitative estimate of drug-likeness (QED) is 0.684. The van der Waals surface area contributed by atoms with Gasteiger partial charge in [0.1, 0.15) is 4.88 Å². The van der Waals surface area contributed by atoms with Crippen molar-refractivity contribution in [2.24, 2.45) is 0 Å². The SMILES string of the molecule is CCCc1nnsc1C(=O)N1CCc2nc(NC(=O)c3cccs3)sc2C1. The van der Waals surface area contributed by atoms with Crippen molar-refractivity contribution < 1.29 is 9.59 Å². The maximum absolute atomic E-state index is 12.9. The first kappa shape index (κ1) is 18.2. The predicted molar refractivity (Wildman–Crippen MR) is 107 cm³/mol. The first-order valence-electron chi connectivity index (χ1n) is 8.59. The average molecular weight is 420 g/mol. The summed E-state index contributed by atoms with van der Waals surface area (Å²) in [7, 11) is 0. The number of rotatable bonds is 5. The first-order chi connectivity index (χ1) is 13.2. The average Bonchev–Trinajstić information content (AvgIpc) is 3.41. The molecule has 4 rings (SSSR count). The molecule has 27 heavy (non-hydrogen) atoms. The van der Waals surface area contributed by atoms with Crippen molar-refractivity contribution in [2.45, 2.75) is 32.7 Å². The molecule has 3 aromatic heterocycles. The number of hydrogen-bond donors (Lipinski definition) is 1. The van der Waals surface area contributed by atoms with Crippen LogP contribution in [0.4, 0.5) is 5.13 Å². The van der Waals surface area contributed by atoms with Crippen LogP contribution in [0.3, 0.4) is 0 Å². The normalized spacial score (nSPS) is 13.4. The third-order valence-corrected chi connectivity index (χ3v) is 6.84. The maximum Gasteiger partial charge on any atom is 0.267 e. The molecule has 0 saturated carbocycles. The summed E-state index contributed by atoms with van der Waals surface area (Å²) in [4.78, 5) is 33.7. The van der Waals surface area contributed by atoms with Gasteiger partial charge in [0.25, 0.3) is 11.8 Å². The van der Waals surface area contributed by atoms with Crippen LogP contribution in [0.1, 0.15) is 49.0 Å². The Hall–Kier alpha value is -2.17. The van der Waals surface area contributed by atoms with Crippen LogP contribution in [0.25, 0.3) is 0 Å². The van der Waals surface area contributed by atoms with Gasteiger partial charge in [0.15, 0.2) is 5.13 Å². The fraction of sp³-hybridized carbons (Fsp3) is 0.353. The molecule has 0 radical (unpaired) electrons. The summed E-state index contributed by atoms with van der Waals surface area (Å²) in [5, 5.41) is 9.40. The number of nitrogens with zero attached hydrogens (tertiary/aromatic N) is 4. The molecule has 1 aliphatic rings. The number of thiophene rings is 1. The van der Waals surface area contributed by atoms with Crippen LogP contribution in [0.2, 0.25) is 0 Å². The van der Waals surface area contributed by atoms with E-state index in [-0.39, 0.29) is 11.8 Å². The monoisotopic (exact) mass is 419 g/mol. The molecule has 0 fully saturated rings. The molecule has 4 heterocycles. The third-order valence-electron chi connectivity index (χ3n) is 4.22. The van der Waals surface area contributed by atoms with Gasteiger partial charge in [0.05, 0.1) is 22.8 Å². The highest BCUT2D eigenvalue weighted by atomic mass is 32.1. The molecule has 140 valence electrons.